The molecule has 4 rings (SSSR count). The van der Waals surface area contributed by atoms with E-state index < -0.39 is 11.7 Å². The second kappa shape index (κ2) is 8.27. The number of H-pyrrole nitrogens is 1. The molecular weight excluding hydrogens is 443 g/mol. The van der Waals surface area contributed by atoms with Crippen LogP contribution in [0, 0.1) is 6.92 Å². The van der Waals surface area contributed by atoms with Gasteiger partial charge in [0, 0.05) is 37.1 Å². The number of rotatable bonds is 4. The molecule has 0 unspecified atom stereocenters. The third kappa shape index (κ3) is 4.26. The average Bonchev–Trinajstić information content (AvgIpc) is 3.24. The number of amides is 1. The molecule has 1 aliphatic heterocycles. The number of aromatic amines is 1. The molecule has 1 aliphatic rings. The van der Waals surface area contributed by atoms with Crippen LogP contribution in [0.5, 0.6) is 0 Å². The number of ether oxygens (including phenoxy) is 1. The molecule has 0 atom stereocenters. The molecule has 3 aromatic rings. The Morgan fingerprint density at radius 3 is 2.65 bits per heavy atom. The Morgan fingerprint density at radius 1 is 1.26 bits per heavy atom. The fraction of sp³-hybridized carbons (Fsp3) is 0.368. The predicted octanol–water partition coefficient (Wildman–Crippen LogP) is 3.39. The van der Waals surface area contributed by atoms with Crippen molar-refractivity contribution in [3.05, 3.63) is 33.9 Å². The lowest BCUT2D eigenvalue weighted by Crippen LogP contribution is -2.46. The number of nitrogens with one attached hydrogen (secondary N) is 1. The monoisotopic (exact) mass is 462 g/mol. The van der Waals surface area contributed by atoms with Gasteiger partial charge in [0.05, 0.1) is 15.7 Å². The van der Waals surface area contributed by atoms with Gasteiger partial charge < -0.3 is 15.4 Å². The van der Waals surface area contributed by atoms with Crippen molar-refractivity contribution in [3.63, 3.8) is 0 Å². The quantitative estimate of drug-likeness (QED) is 0.601. The first-order valence-electron chi connectivity index (χ1n) is 9.58. The summed E-state index contributed by atoms with van der Waals surface area (Å²) in [6.07, 6.45) is 0.417. The van der Waals surface area contributed by atoms with E-state index in [1.54, 1.807) is 12.1 Å². The maximum Gasteiger partial charge on any atom is 0.405 e. The largest absolute Gasteiger partial charge is 0.443 e. The molecular formula is C19H20Cl2N8O2. The van der Waals surface area contributed by atoms with Crippen LogP contribution in [0.25, 0.3) is 22.6 Å². The predicted molar refractivity (Wildman–Crippen MR) is 116 cm³/mol. The highest BCUT2D eigenvalue weighted by atomic mass is 35.5. The zero-order valence-corrected chi connectivity index (χ0v) is 18.4. The lowest BCUT2D eigenvalue weighted by Gasteiger charge is -2.38. The lowest BCUT2D eigenvalue weighted by atomic mass is 9.93. The van der Waals surface area contributed by atoms with Crippen molar-refractivity contribution < 1.29 is 9.53 Å². The Hall–Kier alpha value is -2.98. The Kier molecular flexibility index (Phi) is 5.67. The standard InChI is InChI=1S/C19H20Cl2N8O2/c1-10-13(11-4-3-5-12(20)14(11)21)15(16-25-27-28-26-16)24-18(23-10)29-8-6-19(2,7-9-29)31-17(22)30/h3-5H,6-9H2,1-2H3,(H2,22,30)(H,25,26,27,28). The van der Waals surface area contributed by atoms with Gasteiger partial charge in [-0.15, -0.1) is 10.2 Å². The van der Waals surface area contributed by atoms with Crippen molar-refractivity contribution in [1.82, 2.24) is 30.6 Å². The molecule has 1 amide bonds. The Morgan fingerprint density at radius 2 is 2.00 bits per heavy atom. The van der Waals surface area contributed by atoms with Gasteiger partial charge in [-0.2, -0.15) is 5.21 Å². The van der Waals surface area contributed by atoms with Gasteiger partial charge in [-0.3, -0.25) is 0 Å². The smallest absolute Gasteiger partial charge is 0.405 e. The molecule has 1 saturated heterocycles. The van der Waals surface area contributed by atoms with E-state index in [2.05, 4.69) is 20.6 Å². The van der Waals surface area contributed by atoms with Crippen LogP contribution in [0.4, 0.5) is 10.7 Å². The first-order valence-corrected chi connectivity index (χ1v) is 10.3. The molecule has 1 fully saturated rings. The fourth-order valence-electron chi connectivity index (χ4n) is 3.67. The highest BCUT2D eigenvalue weighted by Crippen LogP contribution is 2.39. The summed E-state index contributed by atoms with van der Waals surface area (Å²) < 4.78 is 5.28. The number of nitrogens with zero attached hydrogens (tertiary/aromatic N) is 6. The van der Waals surface area contributed by atoms with Gasteiger partial charge in [0.1, 0.15) is 11.3 Å². The summed E-state index contributed by atoms with van der Waals surface area (Å²) in [5.74, 6) is 0.831. The number of primary amides is 1. The summed E-state index contributed by atoms with van der Waals surface area (Å²) in [7, 11) is 0. The van der Waals surface area contributed by atoms with E-state index in [4.69, 9.17) is 43.6 Å². The topological polar surface area (TPSA) is 136 Å². The molecule has 0 saturated carbocycles. The number of benzene rings is 1. The normalized spacial score (nSPS) is 15.7. The molecule has 0 bridgehead atoms. The van der Waals surface area contributed by atoms with Crippen LogP contribution < -0.4 is 10.6 Å². The summed E-state index contributed by atoms with van der Waals surface area (Å²) in [6, 6.07) is 5.36. The minimum absolute atomic E-state index is 0.316. The Labute approximate surface area is 188 Å². The number of aryl methyl sites for hydroxylation is 1. The third-order valence-electron chi connectivity index (χ3n) is 5.31. The summed E-state index contributed by atoms with van der Waals surface area (Å²) in [5.41, 5.74) is 7.13. The number of anilines is 1. The van der Waals surface area contributed by atoms with Gasteiger partial charge in [-0.1, -0.05) is 35.3 Å². The molecule has 0 radical (unpaired) electrons. The number of piperidine rings is 1. The van der Waals surface area contributed by atoms with Crippen LogP contribution >= 0.6 is 23.2 Å². The van der Waals surface area contributed by atoms with Crippen molar-refractivity contribution in [2.45, 2.75) is 32.3 Å². The third-order valence-corrected chi connectivity index (χ3v) is 6.13. The molecule has 3 N–H and O–H groups in total. The van der Waals surface area contributed by atoms with E-state index in [1.807, 2.05) is 24.8 Å². The van der Waals surface area contributed by atoms with Crippen molar-refractivity contribution in [2.75, 3.05) is 18.0 Å². The Balaban J connectivity index is 1.74. The van der Waals surface area contributed by atoms with E-state index >= 15 is 0 Å². The van der Waals surface area contributed by atoms with Crippen molar-refractivity contribution in [2.24, 2.45) is 5.73 Å². The fourth-order valence-corrected chi connectivity index (χ4v) is 4.06. The van der Waals surface area contributed by atoms with Crippen LogP contribution in [0.2, 0.25) is 10.0 Å². The van der Waals surface area contributed by atoms with Gasteiger partial charge >= 0.3 is 6.09 Å². The van der Waals surface area contributed by atoms with Crippen LogP contribution in [-0.4, -0.2) is 55.4 Å². The van der Waals surface area contributed by atoms with Gasteiger partial charge in [0.15, 0.2) is 0 Å². The SMILES string of the molecule is Cc1nc(N2CCC(C)(OC(N)=O)CC2)nc(-c2nn[nH]n2)c1-c1cccc(Cl)c1Cl. The molecule has 3 heterocycles. The highest BCUT2D eigenvalue weighted by molar-refractivity contribution is 6.43. The highest BCUT2D eigenvalue weighted by Gasteiger charge is 2.34. The first kappa shape index (κ1) is 21.3. The van der Waals surface area contributed by atoms with E-state index in [0.717, 1.165) is 0 Å². The number of carbonyl (C=O) groups is 1. The van der Waals surface area contributed by atoms with Gasteiger partial charge in [0.25, 0.3) is 0 Å². The minimum Gasteiger partial charge on any atom is -0.443 e. The molecule has 1 aromatic carbocycles. The minimum atomic E-state index is -0.773. The van der Waals surface area contributed by atoms with E-state index in [1.165, 1.54) is 0 Å². The summed E-state index contributed by atoms with van der Waals surface area (Å²) >= 11 is 12.7. The summed E-state index contributed by atoms with van der Waals surface area (Å²) in [4.78, 5) is 22.7. The average molecular weight is 463 g/mol. The maximum absolute atomic E-state index is 11.2. The van der Waals surface area contributed by atoms with E-state index in [-0.39, 0.29) is 0 Å². The van der Waals surface area contributed by atoms with Gasteiger partial charge in [-0.05, 0) is 25.1 Å². The molecule has 12 heteroatoms. The number of hydrogen-bond acceptors (Lipinski definition) is 8. The molecule has 31 heavy (non-hydrogen) atoms. The lowest BCUT2D eigenvalue weighted by molar-refractivity contribution is 0.0125. The summed E-state index contributed by atoms with van der Waals surface area (Å²) in [6.45, 7) is 4.92. The van der Waals surface area contributed by atoms with Crippen molar-refractivity contribution >= 4 is 35.2 Å². The van der Waals surface area contributed by atoms with E-state index in [0.29, 0.717) is 70.3 Å². The number of halogens is 2. The zero-order valence-electron chi connectivity index (χ0n) is 16.9. The first-order chi connectivity index (χ1) is 14.8. The number of carbonyl (C=O) groups excluding carboxylic acids is 1. The van der Waals surface area contributed by atoms with Crippen molar-refractivity contribution in [3.8, 4) is 22.6 Å². The van der Waals surface area contributed by atoms with Gasteiger partial charge in [-0.25, -0.2) is 14.8 Å². The number of hydrogen-bond donors (Lipinski definition) is 2. The number of nitrogens with two attached hydrogens (primary N) is 1. The number of aromatic nitrogens is 6. The second-order valence-corrected chi connectivity index (χ2v) is 8.31. The van der Waals surface area contributed by atoms with Crippen molar-refractivity contribution in [1.29, 1.82) is 0 Å². The van der Waals surface area contributed by atoms with E-state index in [9.17, 15) is 4.79 Å². The molecule has 0 spiro atoms. The van der Waals surface area contributed by atoms with Gasteiger partial charge in [0.2, 0.25) is 11.8 Å². The Bertz CT molecular complexity index is 1110. The molecule has 0 aliphatic carbocycles. The number of tetrazole rings is 1. The molecule has 162 valence electrons. The molecule has 10 nitrogen and oxygen atoms in total. The van der Waals surface area contributed by atoms with Crippen LogP contribution in [0.1, 0.15) is 25.5 Å². The second-order valence-electron chi connectivity index (χ2n) is 7.53. The van der Waals surface area contributed by atoms with Crippen LogP contribution in [0.3, 0.4) is 0 Å². The molecule has 2 aromatic heterocycles. The summed E-state index contributed by atoms with van der Waals surface area (Å²) in [5, 5.41) is 15.1. The maximum atomic E-state index is 11.2. The van der Waals surface area contributed by atoms with Crippen LogP contribution in [0.15, 0.2) is 18.2 Å². The zero-order chi connectivity index (χ0) is 22.2. The van der Waals surface area contributed by atoms with Crippen LogP contribution in [-0.2, 0) is 4.74 Å².